The molecule has 37 heavy (non-hydrogen) atoms. The van der Waals surface area contributed by atoms with Gasteiger partial charge in [-0.1, -0.05) is 48.6 Å². The lowest BCUT2D eigenvalue weighted by Crippen LogP contribution is -2.39. The van der Waals surface area contributed by atoms with Crippen LogP contribution in [0.1, 0.15) is 25.3 Å². The molecule has 0 unspecified atom stereocenters. The Kier molecular flexibility index (Phi) is 7.68. The van der Waals surface area contributed by atoms with Crippen LogP contribution in [0.3, 0.4) is 0 Å². The van der Waals surface area contributed by atoms with E-state index < -0.39 is 0 Å². The maximum absolute atomic E-state index is 13.2. The Labute approximate surface area is 222 Å². The number of hydrogen-bond acceptors (Lipinski definition) is 5. The molecular formula is C30H32ClN3O3. The van der Waals surface area contributed by atoms with Crippen LogP contribution in [0.15, 0.2) is 83.7 Å². The van der Waals surface area contributed by atoms with Crippen molar-refractivity contribution in [2.45, 2.75) is 38.9 Å². The van der Waals surface area contributed by atoms with E-state index >= 15 is 0 Å². The van der Waals surface area contributed by atoms with Crippen molar-refractivity contribution < 1.29 is 9.47 Å². The number of ether oxygens (including phenoxy) is 2. The van der Waals surface area contributed by atoms with Gasteiger partial charge in [0.15, 0.2) is 11.5 Å². The third-order valence-electron chi connectivity index (χ3n) is 6.92. The first-order valence-corrected chi connectivity index (χ1v) is 13.1. The van der Waals surface area contributed by atoms with E-state index in [2.05, 4.69) is 28.9 Å². The quantitative estimate of drug-likeness (QED) is 0.363. The summed E-state index contributed by atoms with van der Waals surface area (Å²) in [5, 5.41) is 5.26. The van der Waals surface area contributed by atoms with Gasteiger partial charge in [-0.2, -0.15) is 0 Å². The van der Waals surface area contributed by atoms with Crippen LogP contribution in [0.25, 0.3) is 10.9 Å². The van der Waals surface area contributed by atoms with Crippen LogP contribution >= 0.6 is 11.6 Å². The van der Waals surface area contributed by atoms with Gasteiger partial charge >= 0.3 is 0 Å². The summed E-state index contributed by atoms with van der Waals surface area (Å²) in [5.74, 6) is 1.64. The number of nitrogens with one attached hydrogen (secondary N) is 1. The number of benzene rings is 2. The van der Waals surface area contributed by atoms with Crippen LogP contribution in [-0.2, 0) is 13.1 Å². The Morgan fingerprint density at radius 3 is 2.73 bits per heavy atom. The van der Waals surface area contributed by atoms with Crippen molar-refractivity contribution in [2.24, 2.45) is 0 Å². The zero-order valence-corrected chi connectivity index (χ0v) is 21.8. The van der Waals surface area contributed by atoms with Gasteiger partial charge in [-0.3, -0.25) is 9.69 Å². The van der Waals surface area contributed by atoms with Gasteiger partial charge in [0.1, 0.15) is 0 Å². The summed E-state index contributed by atoms with van der Waals surface area (Å²) in [6.45, 7) is 9.35. The molecule has 192 valence electrons. The lowest BCUT2D eigenvalue weighted by Gasteiger charge is -2.33. The molecule has 7 heteroatoms. The van der Waals surface area contributed by atoms with Crippen LogP contribution < -0.4 is 20.3 Å². The summed E-state index contributed by atoms with van der Waals surface area (Å²) in [5.41, 5.74) is 3.89. The van der Waals surface area contributed by atoms with E-state index in [-0.39, 0.29) is 11.6 Å². The highest BCUT2D eigenvalue weighted by Gasteiger charge is 2.22. The number of likely N-dealkylation sites (tertiary alicyclic amines) is 1. The van der Waals surface area contributed by atoms with Crippen LogP contribution in [0.5, 0.6) is 11.5 Å². The largest absolute Gasteiger partial charge is 0.454 e. The molecule has 0 aliphatic carbocycles. The van der Waals surface area contributed by atoms with E-state index in [1.165, 1.54) is 5.56 Å². The number of fused-ring (bicyclic) bond motifs is 2. The van der Waals surface area contributed by atoms with Crippen molar-refractivity contribution >= 4 is 28.2 Å². The minimum atomic E-state index is -0.0444. The van der Waals surface area contributed by atoms with Crippen molar-refractivity contribution in [2.75, 3.05) is 25.2 Å². The first-order chi connectivity index (χ1) is 18.0. The SMILES string of the molecule is C=C/C=C(\C=C/C)Cn1c(=O)cc(NC2CCN(Cc3ccc4c(c3)OCO4)CC2)c2cc(Cl)ccc21. The number of allylic oxidation sites excluding steroid dienone is 5. The van der Waals surface area contributed by atoms with E-state index in [1.54, 1.807) is 16.7 Å². The second kappa shape index (κ2) is 11.3. The maximum atomic E-state index is 13.2. The molecule has 1 saturated heterocycles. The first-order valence-electron chi connectivity index (χ1n) is 12.7. The van der Waals surface area contributed by atoms with Gasteiger partial charge in [0.25, 0.3) is 5.56 Å². The second-order valence-corrected chi connectivity index (χ2v) is 9.94. The zero-order valence-electron chi connectivity index (χ0n) is 21.1. The van der Waals surface area contributed by atoms with Gasteiger partial charge in [0.05, 0.1) is 12.1 Å². The highest BCUT2D eigenvalue weighted by molar-refractivity contribution is 6.31. The fourth-order valence-corrected chi connectivity index (χ4v) is 5.27. The Hall–Kier alpha value is -3.48. The first kappa shape index (κ1) is 25.2. The van der Waals surface area contributed by atoms with Gasteiger partial charge in [0.2, 0.25) is 6.79 Å². The average Bonchev–Trinajstić information content (AvgIpc) is 3.36. The van der Waals surface area contributed by atoms with E-state index in [0.717, 1.165) is 66.1 Å². The summed E-state index contributed by atoms with van der Waals surface area (Å²) in [4.78, 5) is 15.7. The van der Waals surface area contributed by atoms with Crippen molar-refractivity contribution in [3.63, 3.8) is 0 Å². The molecule has 0 saturated carbocycles. The maximum Gasteiger partial charge on any atom is 0.253 e. The van der Waals surface area contributed by atoms with Gasteiger partial charge in [-0.15, -0.1) is 0 Å². The van der Waals surface area contributed by atoms with Crippen LogP contribution in [-0.4, -0.2) is 35.4 Å². The third-order valence-corrected chi connectivity index (χ3v) is 7.15. The molecule has 0 bridgehead atoms. The second-order valence-electron chi connectivity index (χ2n) is 9.50. The number of halogens is 1. The summed E-state index contributed by atoms with van der Waals surface area (Å²) < 4.78 is 12.7. The molecule has 2 aromatic carbocycles. The zero-order chi connectivity index (χ0) is 25.8. The number of pyridine rings is 1. The standard InChI is InChI=1S/C30H32ClN3O3/c1-3-5-21(6-4-2)19-34-27-9-8-23(31)16-25(27)26(17-30(34)35)32-24-11-13-33(14-12-24)18-22-7-10-28-29(15-22)37-20-36-28/h3-10,15-17,24,32H,1,11-14,18-20H2,2H3/b6-4-,21-5+. The molecule has 0 spiro atoms. The normalized spacial score (nSPS) is 16.5. The predicted octanol–water partition coefficient (Wildman–Crippen LogP) is 6.15. The molecule has 0 radical (unpaired) electrons. The van der Waals surface area contributed by atoms with E-state index in [1.807, 2.05) is 49.4 Å². The van der Waals surface area contributed by atoms with Gasteiger partial charge in [-0.25, -0.2) is 0 Å². The molecule has 3 aromatic rings. The van der Waals surface area contributed by atoms with Crippen molar-refractivity contribution in [3.05, 3.63) is 99.9 Å². The topological polar surface area (TPSA) is 55.7 Å². The van der Waals surface area contributed by atoms with E-state index in [4.69, 9.17) is 21.1 Å². The van der Waals surface area contributed by atoms with Crippen LogP contribution in [0, 0.1) is 0 Å². The Bertz CT molecular complexity index is 1420. The van der Waals surface area contributed by atoms with Crippen molar-refractivity contribution in [1.29, 1.82) is 0 Å². The van der Waals surface area contributed by atoms with Crippen LogP contribution in [0.2, 0.25) is 5.02 Å². The monoisotopic (exact) mass is 517 g/mol. The molecule has 1 N–H and O–H groups in total. The highest BCUT2D eigenvalue weighted by Crippen LogP contribution is 2.33. The number of aromatic nitrogens is 1. The lowest BCUT2D eigenvalue weighted by molar-refractivity contribution is 0.173. The highest BCUT2D eigenvalue weighted by atomic mass is 35.5. The lowest BCUT2D eigenvalue weighted by atomic mass is 10.0. The predicted molar refractivity (Wildman–Crippen MR) is 151 cm³/mol. The summed E-state index contributed by atoms with van der Waals surface area (Å²) in [6.07, 6.45) is 9.62. The number of anilines is 1. The molecule has 2 aliphatic heterocycles. The molecule has 1 aromatic heterocycles. The molecule has 1 fully saturated rings. The molecule has 0 atom stereocenters. The number of rotatable bonds is 8. The molecular weight excluding hydrogens is 486 g/mol. The minimum absolute atomic E-state index is 0.0444. The summed E-state index contributed by atoms with van der Waals surface area (Å²) in [6, 6.07) is 13.9. The van der Waals surface area contributed by atoms with Crippen molar-refractivity contribution in [1.82, 2.24) is 9.47 Å². The Morgan fingerprint density at radius 1 is 1.14 bits per heavy atom. The van der Waals surface area contributed by atoms with Gasteiger partial charge in [0, 0.05) is 47.8 Å². The molecule has 3 heterocycles. The Balaban J connectivity index is 1.31. The molecule has 6 nitrogen and oxygen atoms in total. The fraction of sp³-hybridized carbons (Fsp3) is 0.300. The number of hydrogen-bond donors (Lipinski definition) is 1. The van der Waals surface area contributed by atoms with Gasteiger partial charge < -0.3 is 19.4 Å². The van der Waals surface area contributed by atoms with Gasteiger partial charge in [-0.05, 0) is 61.2 Å². The Morgan fingerprint density at radius 2 is 1.95 bits per heavy atom. The third kappa shape index (κ3) is 5.76. The number of nitrogens with zero attached hydrogens (tertiary/aromatic N) is 2. The minimum Gasteiger partial charge on any atom is -0.454 e. The summed E-state index contributed by atoms with van der Waals surface area (Å²) >= 11 is 6.39. The van der Waals surface area contributed by atoms with E-state index in [9.17, 15) is 4.79 Å². The van der Waals surface area contributed by atoms with Crippen molar-refractivity contribution in [3.8, 4) is 11.5 Å². The molecule has 0 amide bonds. The molecule has 2 aliphatic rings. The van der Waals surface area contributed by atoms with E-state index in [0.29, 0.717) is 18.4 Å². The number of piperidine rings is 1. The fourth-order valence-electron chi connectivity index (χ4n) is 5.10. The summed E-state index contributed by atoms with van der Waals surface area (Å²) in [7, 11) is 0. The molecule has 5 rings (SSSR count). The smallest absolute Gasteiger partial charge is 0.253 e. The average molecular weight is 518 g/mol. The van der Waals surface area contributed by atoms with Crippen LogP contribution in [0.4, 0.5) is 5.69 Å².